The first-order valence-electron chi connectivity index (χ1n) is 12.5. The Bertz CT molecular complexity index is 657. The lowest BCUT2D eigenvalue weighted by Crippen LogP contribution is -2.47. The highest BCUT2D eigenvalue weighted by Crippen LogP contribution is 2.24. The number of benzene rings is 1. The number of piperazine rings is 1. The van der Waals surface area contributed by atoms with E-state index in [0.29, 0.717) is 12.1 Å². The number of nitrogens with one attached hydrogen (secondary N) is 2. The summed E-state index contributed by atoms with van der Waals surface area (Å²) >= 11 is 0. The molecule has 0 amide bonds. The van der Waals surface area contributed by atoms with Crippen molar-refractivity contribution < 1.29 is 9.47 Å². The van der Waals surface area contributed by atoms with Crippen molar-refractivity contribution in [3.8, 4) is 0 Å². The van der Waals surface area contributed by atoms with Gasteiger partial charge in [0.25, 0.3) is 0 Å². The molecule has 33 heavy (non-hydrogen) atoms. The lowest BCUT2D eigenvalue weighted by Gasteiger charge is -2.40. The summed E-state index contributed by atoms with van der Waals surface area (Å²) in [7, 11) is 2.22. The van der Waals surface area contributed by atoms with Crippen LogP contribution in [0.2, 0.25) is 0 Å². The van der Waals surface area contributed by atoms with Crippen LogP contribution in [0.25, 0.3) is 0 Å². The molecule has 1 aromatic carbocycles. The maximum atomic E-state index is 5.74. The predicted octanol–water partition coefficient (Wildman–Crippen LogP) is 3.12. The number of rotatable bonds is 12. The van der Waals surface area contributed by atoms with Gasteiger partial charge >= 0.3 is 0 Å². The molecule has 0 saturated carbocycles. The molecule has 188 valence electrons. The van der Waals surface area contributed by atoms with E-state index in [1.165, 1.54) is 5.56 Å². The minimum absolute atomic E-state index is 0. The Hall–Kier alpha value is -0.940. The molecule has 2 atom stereocenters. The van der Waals surface area contributed by atoms with E-state index in [-0.39, 0.29) is 24.0 Å². The van der Waals surface area contributed by atoms with Gasteiger partial charge in [-0.1, -0.05) is 30.3 Å². The third kappa shape index (κ3) is 10.5. The van der Waals surface area contributed by atoms with Crippen LogP contribution in [-0.2, 0) is 9.47 Å². The van der Waals surface area contributed by atoms with Crippen molar-refractivity contribution >= 4 is 29.9 Å². The van der Waals surface area contributed by atoms with Crippen molar-refractivity contribution in [2.45, 2.75) is 44.8 Å². The molecule has 8 heteroatoms. The zero-order valence-corrected chi connectivity index (χ0v) is 22.8. The van der Waals surface area contributed by atoms with Gasteiger partial charge in [0, 0.05) is 65.1 Å². The lowest BCUT2D eigenvalue weighted by molar-refractivity contribution is 0.0171. The molecule has 2 aliphatic rings. The van der Waals surface area contributed by atoms with Gasteiger partial charge in [0.1, 0.15) is 0 Å². The number of nitrogens with zero attached hydrogens (tertiary/aromatic N) is 3. The number of halogens is 1. The predicted molar refractivity (Wildman–Crippen MR) is 147 cm³/mol. The van der Waals surface area contributed by atoms with Crippen molar-refractivity contribution in [1.82, 2.24) is 20.4 Å². The third-order valence-electron chi connectivity index (χ3n) is 6.18. The number of guanidine groups is 1. The summed E-state index contributed by atoms with van der Waals surface area (Å²) in [5.41, 5.74) is 1.42. The number of hydrogen-bond donors (Lipinski definition) is 2. The van der Waals surface area contributed by atoms with E-state index in [9.17, 15) is 0 Å². The maximum absolute atomic E-state index is 5.74. The first-order valence-corrected chi connectivity index (χ1v) is 12.5. The SMILES string of the molecule is CCNC(=NCCCOCC1CCCO1)NCCCN1CCN(C)CC1c1ccccc1.I. The van der Waals surface area contributed by atoms with E-state index in [1.807, 2.05) is 0 Å². The fourth-order valence-corrected chi connectivity index (χ4v) is 4.39. The van der Waals surface area contributed by atoms with Crippen molar-refractivity contribution in [3.05, 3.63) is 35.9 Å². The van der Waals surface area contributed by atoms with Gasteiger partial charge in [-0.15, -0.1) is 24.0 Å². The second kappa shape index (κ2) is 16.6. The van der Waals surface area contributed by atoms with Crippen molar-refractivity contribution in [3.63, 3.8) is 0 Å². The molecule has 0 spiro atoms. The van der Waals surface area contributed by atoms with Crippen molar-refractivity contribution in [2.75, 3.05) is 72.7 Å². The van der Waals surface area contributed by atoms with Gasteiger partial charge in [-0.05, 0) is 45.2 Å². The minimum Gasteiger partial charge on any atom is -0.379 e. The molecule has 2 fully saturated rings. The number of likely N-dealkylation sites (N-methyl/N-ethyl adjacent to an activating group) is 1. The van der Waals surface area contributed by atoms with E-state index in [2.05, 4.69) is 64.7 Å². The van der Waals surface area contributed by atoms with Crippen molar-refractivity contribution in [1.29, 1.82) is 0 Å². The zero-order valence-electron chi connectivity index (χ0n) is 20.5. The van der Waals surface area contributed by atoms with E-state index in [1.54, 1.807) is 0 Å². The van der Waals surface area contributed by atoms with Gasteiger partial charge in [0.2, 0.25) is 0 Å². The van der Waals surface area contributed by atoms with Crippen LogP contribution in [-0.4, -0.2) is 94.5 Å². The van der Waals surface area contributed by atoms with Gasteiger partial charge in [0.05, 0.1) is 12.7 Å². The monoisotopic (exact) mass is 573 g/mol. The summed E-state index contributed by atoms with van der Waals surface area (Å²) in [6, 6.07) is 11.4. The molecule has 2 unspecified atom stereocenters. The minimum atomic E-state index is 0. The third-order valence-corrected chi connectivity index (χ3v) is 6.18. The standard InChI is InChI=1S/C25H43N5O2.HI/c1-3-26-25(28-14-9-18-31-21-23-12-7-19-32-23)27-13-8-15-30-17-16-29(2)20-24(30)22-10-5-4-6-11-22;/h4-6,10-11,23-24H,3,7-9,12-21H2,1-2H3,(H2,26,27,28);1H. The van der Waals surface area contributed by atoms with Gasteiger partial charge in [-0.25, -0.2) is 0 Å². The Balaban J connectivity index is 0.00000385. The number of ether oxygens (including phenoxy) is 2. The lowest BCUT2D eigenvalue weighted by atomic mass is 10.0. The van der Waals surface area contributed by atoms with E-state index < -0.39 is 0 Å². The maximum Gasteiger partial charge on any atom is 0.191 e. The van der Waals surface area contributed by atoms with Gasteiger partial charge in [-0.3, -0.25) is 9.89 Å². The van der Waals surface area contributed by atoms with Crippen LogP contribution in [0.5, 0.6) is 0 Å². The molecule has 0 aliphatic carbocycles. The molecule has 3 rings (SSSR count). The highest BCUT2D eigenvalue weighted by Gasteiger charge is 2.25. The molecule has 2 N–H and O–H groups in total. The second-order valence-electron chi connectivity index (χ2n) is 8.83. The van der Waals surface area contributed by atoms with Gasteiger partial charge in [-0.2, -0.15) is 0 Å². The second-order valence-corrected chi connectivity index (χ2v) is 8.83. The topological polar surface area (TPSA) is 61.4 Å². The van der Waals surface area contributed by atoms with Gasteiger partial charge < -0.3 is 25.0 Å². The van der Waals surface area contributed by atoms with Crippen LogP contribution in [0.15, 0.2) is 35.3 Å². The normalized spacial score (nSPS) is 22.2. The number of hydrogen-bond acceptors (Lipinski definition) is 5. The fraction of sp³-hybridized carbons (Fsp3) is 0.720. The van der Waals surface area contributed by atoms with Crippen LogP contribution in [0, 0.1) is 0 Å². The summed E-state index contributed by atoms with van der Waals surface area (Å²) in [5, 5.41) is 6.86. The average Bonchev–Trinajstić information content (AvgIpc) is 3.33. The molecule has 2 saturated heterocycles. The fourth-order valence-electron chi connectivity index (χ4n) is 4.39. The van der Waals surface area contributed by atoms with Crippen LogP contribution in [0.4, 0.5) is 0 Å². The first-order chi connectivity index (χ1) is 15.8. The number of aliphatic imine (C=N–C) groups is 1. The summed E-state index contributed by atoms with van der Waals surface area (Å²) in [6.07, 6.45) is 4.63. The van der Waals surface area contributed by atoms with Crippen LogP contribution in [0.3, 0.4) is 0 Å². The van der Waals surface area contributed by atoms with Gasteiger partial charge in [0.15, 0.2) is 5.96 Å². The Kier molecular flexibility index (Phi) is 14.3. The molecular weight excluding hydrogens is 529 g/mol. The zero-order chi connectivity index (χ0) is 22.4. The van der Waals surface area contributed by atoms with Crippen LogP contribution in [0.1, 0.15) is 44.2 Å². The Morgan fingerprint density at radius 1 is 1.18 bits per heavy atom. The average molecular weight is 574 g/mol. The largest absolute Gasteiger partial charge is 0.379 e. The van der Waals surface area contributed by atoms with Crippen LogP contribution < -0.4 is 10.6 Å². The summed E-state index contributed by atoms with van der Waals surface area (Å²) in [4.78, 5) is 9.77. The highest BCUT2D eigenvalue weighted by molar-refractivity contribution is 14.0. The molecule has 0 bridgehead atoms. The van der Waals surface area contributed by atoms with E-state index >= 15 is 0 Å². The molecular formula is C25H44IN5O2. The Morgan fingerprint density at radius 2 is 2.03 bits per heavy atom. The first kappa shape index (κ1) is 28.3. The Morgan fingerprint density at radius 3 is 2.79 bits per heavy atom. The Labute approximate surface area is 217 Å². The molecule has 2 aliphatic heterocycles. The van der Waals surface area contributed by atoms with Crippen LogP contribution >= 0.6 is 24.0 Å². The quantitative estimate of drug-likeness (QED) is 0.174. The molecule has 1 aromatic rings. The van der Waals surface area contributed by atoms with E-state index in [4.69, 9.17) is 14.5 Å². The molecule has 0 radical (unpaired) electrons. The molecule has 2 heterocycles. The highest BCUT2D eigenvalue weighted by atomic mass is 127. The smallest absolute Gasteiger partial charge is 0.191 e. The molecule has 7 nitrogen and oxygen atoms in total. The van der Waals surface area contributed by atoms with Crippen molar-refractivity contribution in [2.24, 2.45) is 4.99 Å². The summed E-state index contributed by atoms with van der Waals surface area (Å²) in [6.45, 7) is 11.5. The summed E-state index contributed by atoms with van der Waals surface area (Å²) < 4.78 is 11.3. The van der Waals surface area contributed by atoms with E-state index in [0.717, 1.165) is 97.3 Å². The summed E-state index contributed by atoms with van der Waals surface area (Å²) in [5.74, 6) is 0.907. The molecule has 0 aromatic heterocycles.